The maximum Gasteiger partial charge on any atom is 0.272 e. The number of rotatable bonds is 10. The van der Waals surface area contributed by atoms with E-state index < -0.39 is 16.5 Å². The summed E-state index contributed by atoms with van der Waals surface area (Å²) in [5, 5.41) is 6.70. The Balaban J connectivity index is 1.68. The van der Waals surface area contributed by atoms with Gasteiger partial charge in [0.15, 0.2) is 5.75 Å². The molecular formula is C31H33FN2O5. The van der Waals surface area contributed by atoms with Crippen molar-refractivity contribution >= 4 is 11.4 Å². The van der Waals surface area contributed by atoms with Gasteiger partial charge in [-0.2, -0.15) is 0 Å². The van der Waals surface area contributed by atoms with Crippen molar-refractivity contribution in [3.05, 3.63) is 110 Å². The Morgan fingerprint density at radius 2 is 1.44 bits per heavy atom. The third-order valence-electron chi connectivity index (χ3n) is 6.26. The van der Waals surface area contributed by atoms with Crippen molar-refractivity contribution in [3.63, 3.8) is 0 Å². The number of anilines is 2. The van der Waals surface area contributed by atoms with Crippen molar-refractivity contribution in [2.24, 2.45) is 0 Å². The Morgan fingerprint density at radius 1 is 0.795 bits per heavy atom. The summed E-state index contributed by atoms with van der Waals surface area (Å²) in [4.78, 5) is 24.5. The Morgan fingerprint density at radius 3 is 2.03 bits per heavy atom. The minimum absolute atomic E-state index is 0.0340. The molecule has 0 fully saturated rings. The summed E-state index contributed by atoms with van der Waals surface area (Å²) < 4.78 is 30.4. The first kappa shape index (κ1) is 27.9. The zero-order valence-corrected chi connectivity index (χ0v) is 22.9. The van der Waals surface area contributed by atoms with Crippen LogP contribution in [0.5, 0.6) is 17.2 Å². The van der Waals surface area contributed by atoms with Crippen molar-refractivity contribution in [1.29, 1.82) is 0 Å². The van der Waals surface area contributed by atoms with Crippen LogP contribution in [0.1, 0.15) is 56.5 Å². The normalized spacial score (nSPS) is 13.1. The number of ether oxygens (including phenoxy) is 3. The van der Waals surface area contributed by atoms with Crippen LogP contribution in [0.3, 0.4) is 0 Å². The molecule has 7 nitrogen and oxygen atoms in total. The fourth-order valence-corrected chi connectivity index (χ4v) is 4.29. The summed E-state index contributed by atoms with van der Waals surface area (Å²) in [5.41, 5.74) is 1.52. The molecule has 8 heteroatoms. The number of nitrogens with one attached hydrogen (secondary N) is 2. The third-order valence-corrected chi connectivity index (χ3v) is 6.26. The SMILES string of the molecule is COc1cc(OC)cc(C(C)NC(c2ccc(F)cc2)c2cccc(Nc3c(OC(C)(C)C)c(=O)c3=O)c2)c1. The van der Waals surface area contributed by atoms with Crippen LogP contribution in [0.25, 0.3) is 0 Å². The molecule has 0 aliphatic heterocycles. The summed E-state index contributed by atoms with van der Waals surface area (Å²) in [6.07, 6.45) is 0. The molecule has 0 aromatic heterocycles. The van der Waals surface area contributed by atoms with Gasteiger partial charge < -0.3 is 19.5 Å². The third kappa shape index (κ3) is 6.46. The highest BCUT2D eigenvalue weighted by molar-refractivity contribution is 5.70. The van der Waals surface area contributed by atoms with Gasteiger partial charge in [0.1, 0.15) is 28.6 Å². The zero-order chi connectivity index (χ0) is 28.3. The molecule has 0 bridgehead atoms. The van der Waals surface area contributed by atoms with Gasteiger partial charge in [-0.25, -0.2) is 4.39 Å². The van der Waals surface area contributed by atoms with Gasteiger partial charge >= 0.3 is 0 Å². The van der Waals surface area contributed by atoms with Crippen molar-refractivity contribution in [3.8, 4) is 17.2 Å². The van der Waals surface area contributed by atoms with Crippen LogP contribution in [-0.4, -0.2) is 19.8 Å². The van der Waals surface area contributed by atoms with Gasteiger partial charge in [-0.15, -0.1) is 0 Å². The molecule has 2 N–H and O–H groups in total. The first-order chi connectivity index (χ1) is 18.5. The molecule has 0 spiro atoms. The number of halogens is 1. The van der Waals surface area contributed by atoms with Crippen molar-refractivity contribution in [2.45, 2.75) is 45.4 Å². The second-order valence-electron chi connectivity index (χ2n) is 10.3. The van der Waals surface area contributed by atoms with E-state index in [1.807, 2.05) is 64.1 Å². The Labute approximate surface area is 227 Å². The zero-order valence-electron chi connectivity index (χ0n) is 22.9. The average Bonchev–Trinajstić information content (AvgIpc) is 2.93. The van der Waals surface area contributed by atoms with E-state index in [0.717, 1.165) is 16.7 Å². The molecule has 0 saturated carbocycles. The number of hydrogen-bond donors (Lipinski definition) is 2. The minimum atomic E-state index is -0.642. The van der Waals surface area contributed by atoms with E-state index in [2.05, 4.69) is 10.6 Å². The van der Waals surface area contributed by atoms with E-state index in [4.69, 9.17) is 14.2 Å². The lowest BCUT2D eigenvalue weighted by Gasteiger charge is -2.26. The van der Waals surface area contributed by atoms with Gasteiger partial charge in [-0.3, -0.25) is 14.9 Å². The first-order valence-corrected chi connectivity index (χ1v) is 12.6. The molecule has 0 saturated heterocycles. The van der Waals surface area contributed by atoms with Crippen molar-refractivity contribution in [2.75, 3.05) is 19.5 Å². The van der Waals surface area contributed by atoms with E-state index in [1.54, 1.807) is 32.4 Å². The lowest BCUT2D eigenvalue weighted by atomic mass is 9.96. The van der Waals surface area contributed by atoms with Crippen molar-refractivity contribution < 1.29 is 18.6 Å². The van der Waals surface area contributed by atoms with Crippen LogP contribution < -0.4 is 35.7 Å². The summed E-state index contributed by atoms with van der Waals surface area (Å²) in [7, 11) is 3.20. The van der Waals surface area contributed by atoms with E-state index in [9.17, 15) is 14.0 Å². The molecule has 4 rings (SSSR count). The number of hydrogen-bond acceptors (Lipinski definition) is 7. The Bertz CT molecular complexity index is 1500. The van der Waals surface area contributed by atoms with Gasteiger partial charge in [0.25, 0.3) is 10.9 Å². The van der Waals surface area contributed by atoms with Gasteiger partial charge in [0.2, 0.25) is 0 Å². The summed E-state index contributed by atoms with van der Waals surface area (Å²) in [5.74, 6) is 1.05. The Kier molecular flexibility index (Phi) is 8.06. The largest absolute Gasteiger partial charge is 0.497 e. The van der Waals surface area contributed by atoms with E-state index in [-0.39, 0.29) is 29.3 Å². The predicted octanol–water partition coefficient (Wildman–Crippen LogP) is 5.80. The van der Waals surface area contributed by atoms with Gasteiger partial charge in [0.05, 0.1) is 20.3 Å². The standard InChI is InChI=1S/C31H33FN2O5/c1-18(21-15-24(37-5)17-25(16-21)38-6)33-26(19-10-12-22(32)13-11-19)20-8-7-9-23(14-20)34-27-28(35)29(36)30(27)39-31(2,3)4/h7-18,26,33-34H,1-6H3. The molecule has 2 unspecified atom stereocenters. The Hall–Kier alpha value is -4.17. The molecule has 0 amide bonds. The van der Waals surface area contributed by atoms with E-state index in [1.165, 1.54) is 12.1 Å². The molecule has 0 heterocycles. The lowest BCUT2D eigenvalue weighted by Crippen LogP contribution is -2.39. The van der Waals surface area contributed by atoms with Crippen LogP contribution in [0.2, 0.25) is 0 Å². The maximum atomic E-state index is 13.8. The highest BCUT2D eigenvalue weighted by Gasteiger charge is 2.27. The average molecular weight is 533 g/mol. The lowest BCUT2D eigenvalue weighted by molar-refractivity contribution is 0.128. The second-order valence-corrected chi connectivity index (χ2v) is 10.3. The fraction of sp³-hybridized carbons (Fsp3) is 0.290. The van der Waals surface area contributed by atoms with Gasteiger partial charge in [-0.1, -0.05) is 24.3 Å². The smallest absolute Gasteiger partial charge is 0.272 e. The molecule has 204 valence electrons. The molecule has 0 aliphatic carbocycles. The van der Waals surface area contributed by atoms with Gasteiger partial charge in [-0.05, 0) is 80.8 Å². The van der Waals surface area contributed by atoms with Crippen molar-refractivity contribution in [1.82, 2.24) is 5.32 Å². The maximum absolute atomic E-state index is 13.8. The summed E-state index contributed by atoms with van der Waals surface area (Å²) >= 11 is 0. The van der Waals surface area contributed by atoms with Crippen LogP contribution >= 0.6 is 0 Å². The molecule has 2 atom stereocenters. The molecule has 4 aromatic rings. The molecule has 39 heavy (non-hydrogen) atoms. The second kappa shape index (κ2) is 11.3. The molecule has 0 aliphatic rings. The van der Waals surface area contributed by atoms with Crippen LogP contribution in [0.4, 0.5) is 15.8 Å². The highest BCUT2D eigenvalue weighted by atomic mass is 19.1. The predicted molar refractivity (Wildman–Crippen MR) is 151 cm³/mol. The monoisotopic (exact) mass is 532 g/mol. The highest BCUT2D eigenvalue weighted by Crippen LogP contribution is 2.32. The van der Waals surface area contributed by atoms with E-state index >= 15 is 0 Å². The number of benzene rings is 3. The summed E-state index contributed by atoms with van der Waals surface area (Å²) in [6.45, 7) is 7.46. The molecular weight excluding hydrogens is 499 g/mol. The van der Waals surface area contributed by atoms with Gasteiger partial charge in [0, 0.05) is 17.8 Å². The van der Waals surface area contributed by atoms with E-state index in [0.29, 0.717) is 17.2 Å². The molecule has 4 aromatic carbocycles. The van der Waals surface area contributed by atoms with Crippen LogP contribution in [-0.2, 0) is 0 Å². The first-order valence-electron chi connectivity index (χ1n) is 12.6. The van der Waals surface area contributed by atoms with Crippen LogP contribution in [0, 0.1) is 5.82 Å². The summed E-state index contributed by atoms with van der Waals surface area (Å²) in [6, 6.07) is 19.0. The fourth-order valence-electron chi connectivity index (χ4n) is 4.29. The minimum Gasteiger partial charge on any atom is -0.497 e. The topological polar surface area (TPSA) is 85.9 Å². The molecule has 0 radical (unpaired) electrons. The quantitative estimate of drug-likeness (QED) is 0.250. The number of methoxy groups -OCH3 is 2. The van der Waals surface area contributed by atoms with Crippen LogP contribution in [0.15, 0.2) is 76.3 Å².